The molecule has 0 bridgehead atoms. The van der Waals surface area contributed by atoms with Crippen molar-refractivity contribution in [3.05, 3.63) is 44.3 Å². The van der Waals surface area contributed by atoms with Gasteiger partial charge >= 0.3 is 0 Å². The van der Waals surface area contributed by atoms with E-state index in [0.29, 0.717) is 6.54 Å². The summed E-state index contributed by atoms with van der Waals surface area (Å²) in [6.07, 6.45) is 0. The first-order valence-electron chi connectivity index (χ1n) is 5.59. The Morgan fingerprint density at radius 3 is 2.76 bits per heavy atom. The lowest BCUT2D eigenvalue weighted by Crippen LogP contribution is -2.34. The number of nitrogens with one attached hydrogen (secondary N) is 1. The molecule has 2 N–H and O–H groups in total. The molecule has 0 fully saturated rings. The Kier molecular flexibility index (Phi) is 3.99. The summed E-state index contributed by atoms with van der Waals surface area (Å²) in [5.74, 6) is 0. The van der Waals surface area contributed by atoms with Gasteiger partial charge in [-0.2, -0.15) is 11.3 Å². The fourth-order valence-electron chi connectivity index (χ4n) is 1.68. The molecule has 4 heteroatoms. The van der Waals surface area contributed by atoms with E-state index in [9.17, 15) is 5.11 Å². The van der Waals surface area contributed by atoms with Crippen LogP contribution in [0.1, 0.15) is 22.2 Å². The van der Waals surface area contributed by atoms with Crippen LogP contribution in [-0.4, -0.2) is 11.7 Å². The van der Waals surface area contributed by atoms with Crippen molar-refractivity contribution in [1.29, 1.82) is 0 Å². The van der Waals surface area contributed by atoms with Crippen molar-refractivity contribution in [3.63, 3.8) is 0 Å². The Morgan fingerprint density at radius 2 is 2.18 bits per heavy atom. The second kappa shape index (κ2) is 5.31. The maximum atomic E-state index is 10.3. The van der Waals surface area contributed by atoms with Crippen molar-refractivity contribution in [2.24, 2.45) is 0 Å². The van der Waals surface area contributed by atoms with Crippen LogP contribution in [0.15, 0.2) is 29.0 Å². The zero-order chi connectivity index (χ0) is 12.3. The van der Waals surface area contributed by atoms with Crippen LogP contribution in [0.2, 0.25) is 0 Å². The minimum Gasteiger partial charge on any atom is -0.384 e. The van der Waals surface area contributed by atoms with Gasteiger partial charge in [-0.25, -0.2) is 0 Å². The van der Waals surface area contributed by atoms with E-state index in [1.807, 2.05) is 23.8 Å². The van der Waals surface area contributed by atoms with E-state index in [4.69, 9.17) is 0 Å². The molecule has 0 aliphatic heterocycles. The normalized spacial score (nSPS) is 14.8. The van der Waals surface area contributed by atoms with Gasteiger partial charge in [0.15, 0.2) is 0 Å². The van der Waals surface area contributed by atoms with Crippen molar-refractivity contribution < 1.29 is 5.11 Å². The number of hydrogen-bond donors (Lipinski definition) is 2. The fourth-order valence-corrected chi connectivity index (χ4v) is 3.32. The molecule has 2 aromatic heterocycles. The van der Waals surface area contributed by atoms with Crippen molar-refractivity contribution in [3.8, 4) is 0 Å². The van der Waals surface area contributed by atoms with Crippen molar-refractivity contribution >= 4 is 22.7 Å². The molecule has 0 radical (unpaired) electrons. The summed E-state index contributed by atoms with van der Waals surface area (Å²) in [7, 11) is 0. The average Bonchev–Trinajstić information content (AvgIpc) is 2.89. The highest BCUT2D eigenvalue weighted by atomic mass is 32.1. The molecule has 92 valence electrons. The van der Waals surface area contributed by atoms with Gasteiger partial charge in [0.2, 0.25) is 0 Å². The molecule has 2 heterocycles. The SMILES string of the molecule is Cc1ccc(CNCC(C)(O)c2ccsc2)s1. The number of hydrogen-bond acceptors (Lipinski definition) is 4. The summed E-state index contributed by atoms with van der Waals surface area (Å²) in [6.45, 7) is 5.34. The molecule has 0 spiro atoms. The summed E-state index contributed by atoms with van der Waals surface area (Å²) >= 11 is 3.41. The Balaban J connectivity index is 1.86. The first-order valence-corrected chi connectivity index (χ1v) is 7.35. The summed E-state index contributed by atoms with van der Waals surface area (Å²) in [4.78, 5) is 2.63. The molecule has 0 aliphatic rings. The van der Waals surface area contributed by atoms with E-state index in [1.54, 1.807) is 22.7 Å². The van der Waals surface area contributed by atoms with E-state index in [0.717, 1.165) is 12.1 Å². The number of aryl methyl sites for hydroxylation is 1. The molecule has 0 saturated carbocycles. The van der Waals surface area contributed by atoms with E-state index in [1.165, 1.54) is 9.75 Å². The number of thiophene rings is 2. The predicted molar refractivity (Wildman–Crippen MR) is 74.7 cm³/mol. The monoisotopic (exact) mass is 267 g/mol. The minimum atomic E-state index is -0.785. The lowest BCUT2D eigenvalue weighted by molar-refractivity contribution is 0.0572. The molecule has 2 nitrogen and oxygen atoms in total. The molecular formula is C13H17NOS2. The standard InChI is InChI=1S/C13H17NOS2/c1-10-3-4-12(17-10)7-14-9-13(2,15)11-5-6-16-8-11/h3-6,8,14-15H,7,9H2,1-2H3. The molecule has 0 saturated heterocycles. The fraction of sp³-hybridized carbons (Fsp3) is 0.385. The third-order valence-electron chi connectivity index (χ3n) is 2.71. The lowest BCUT2D eigenvalue weighted by Gasteiger charge is -2.22. The van der Waals surface area contributed by atoms with Crippen LogP contribution in [0, 0.1) is 6.92 Å². The van der Waals surface area contributed by atoms with Gasteiger partial charge < -0.3 is 10.4 Å². The van der Waals surface area contributed by atoms with E-state index < -0.39 is 5.60 Å². The topological polar surface area (TPSA) is 32.3 Å². The Bertz CT molecular complexity index is 459. The molecule has 0 aromatic carbocycles. The minimum absolute atomic E-state index is 0.570. The molecule has 17 heavy (non-hydrogen) atoms. The van der Waals surface area contributed by atoms with Gasteiger partial charge in [-0.15, -0.1) is 11.3 Å². The smallest absolute Gasteiger partial charge is 0.1000 e. The van der Waals surface area contributed by atoms with E-state index >= 15 is 0 Å². The zero-order valence-corrected chi connectivity index (χ0v) is 11.7. The molecular weight excluding hydrogens is 250 g/mol. The number of aliphatic hydroxyl groups is 1. The van der Waals surface area contributed by atoms with Gasteiger partial charge in [-0.3, -0.25) is 0 Å². The van der Waals surface area contributed by atoms with Gasteiger partial charge in [0.25, 0.3) is 0 Å². The summed E-state index contributed by atoms with van der Waals surface area (Å²) in [5.41, 5.74) is 0.198. The van der Waals surface area contributed by atoms with Crippen LogP contribution in [0.5, 0.6) is 0 Å². The third kappa shape index (κ3) is 3.39. The van der Waals surface area contributed by atoms with Crippen LogP contribution in [0.3, 0.4) is 0 Å². The second-order valence-electron chi connectivity index (χ2n) is 4.40. The van der Waals surface area contributed by atoms with Gasteiger partial charge in [0, 0.05) is 22.8 Å². The largest absolute Gasteiger partial charge is 0.384 e. The molecule has 0 amide bonds. The highest BCUT2D eigenvalue weighted by Crippen LogP contribution is 2.22. The van der Waals surface area contributed by atoms with Crippen molar-refractivity contribution in [2.45, 2.75) is 26.0 Å². The summed E-state index contributed by atoms with van der Waals surface area (Å²) < 4.78 is 0. The highest BCUT2D eigenvalue weighted by molar-refractivity contribution is 7.11. The summed E-state index contributed by atoms with van der Waals surface area (Å²) in [6, 6.07) is 6.23. The molecule has 2 rings (SSSR count). The van der Waals surface area contributed by atoms with Gasteiger partial charge in [0.1, 0.15) is 0 Å². The van der Waals surface area contributed by atoms with Gasteiger partial charge in [-0.05, 0) is 48.4 Å². The molecule has 2 aromatic rings. The Hall–Kier alpha value is -0.680. The Morgan fingerprint density at radius 1 is 1.35 bits per heavy atom. The second-order valence-corrected chi connectivity index (χ2v) is 6.55. The predicted octanol–water partition coefficient (Wildman–Crippen LogP) is 3.12. The van der Waals surface area contributed by atoms with Crippen LogP contribution in [-0.2, 0) is 12.1 Å². The lowest BCUT2D eigenvalue weighted by atomic mass is 9.99. The molecule has 1 unspecified atom stereocenters. The first kappa shape index (κ1) is 12.8. The quantitative estimate of drug-likeness (QED) is 0.872. The van der Waals surface area contributed by atoms with Crippen LogP contribution >= 0.6 is 22.7 Å². The van der Waals surface area contributed by atoms with E-state index in [2.05, 4.69) is 24.4 Å². The van der Waals surface area contributed by atoms with Crippen LogP contribution in [0.25, 0.3) is 0 Å². The van der Waals surface area contributed by atoms with Gasteiger partial charge in [0.05, 0.1) is 5.60 Å². The first-order chi connectivity index (χ1) is 8.08. The van der Waals surface area contributed by atoms with Crippen LogP contribution < -0.4 is 5.32 Å². The van der Waals surface area contributed by atoms with Crippen LogP contribution in [0.4, 0.5) is 0 Å². The van der Waals surface area contributed by atoms with Crippen molar-refractivity contribution in [1.82, 2.24) is 5.32 Å². The van der Waals surface area contributed by atoms with Crippen molar-refractivity contribution in [2.75, 3.05) is 6.54 Å². The number of rotatable bonds is 5. The highest BCUT2D eigenvalue weighted by Gasteiger charge is 2.22. The molecule has 1 atom stereocenters. The maximum Gasteiger partial charge on any atom is 0.1000 e. The van der Waals surface area contributed by atoms with E-state index in [-0.39, 0.29) is 0 Å². The molecule has 0 aliphatic carbocycles. The Labute approximate surface area is 110 Å². The third-order valence-corrected chi connectivity index (χ3v) is 4.39. The van der Waals surface area contributed by atoms with Gasteiger partial charge in [-0.1, -0.05) is 0 Å². The maximum absolute atomic E-state index is 10.3. The average molecular weight is 267 g/mol. The summed E-state index contributed by atoms with van der Waals surface area (Å²) in [5, 5.41) is 17.6. The zero-order valence-electron chi connectivity index (χ0n) is 10.1.